The van der Waals surface area contributed by atoms with Crippen molar-refractivity contribution in [2.45, 2.75) is 65.5 Å². The molecule has 0 heterocycles. The van der Waals surface area contributed by atoms with Gasteiger partial charge in [0, 0.05) is 16.1 Å². The van der Waals surface area contributed by atoms with E-state index >= 15 is 0 Å². The Morgan fingerprint density at radius 1 is 1.17 bits per heavy atom. The fraction of sp³-hybridized carbons (Fsp3) is 0.632. The lowest BCUT2D eigenvalue weighted by Crippen LogP contribution is -2.36. The Bertz CT molecular complexity index is 529. The summed E-state index contributed by atoms with van der Waals surface area (Å²) in [7, 11) is 0. The molecule has 0 radical (unpaired) electrons. The van der Waals surface area contributed by atoms with Gasteiger partial charge in [-0.3, -0.25) is 4.79 Å². The molecule has 0 saturated heterocycles. The predicted molar refractivity (Wildman–Crippen MR) is 98.6 cm³/mol. The summed E-state index contributed by atoms with van der Waals surface area (Å²) in [6, 6.07) is 8.01. The first-order chi connectivity index (χ1) is 10.4. The third kappa shape index (κ3) is 6.19. The highest BCUT2D eigenvalue weighted by Crippen LogP contribution is 2.31. The van der Waals surface area contributed by atoms with Crippen LogP contribution in [0.1, 0.15) is 60.1 Å². The minimum Gasteiger partial charge on any atom is -0.392 e. The molecule has 130 valence electrons. The number of rotatable bonds is 5. The van der Waals surface area contributed by atoms with Crippen LogP contribution in [0.2, 0.25) is 0 Å². The molecule has 2 atom stereocenters. The number of nitrogens with one attached hydrogen (secondary N) is 1. The van der Waals surface area contributed by atoms with Crippen LogP contribution < -0.4 is 5.32 Å². The number of hydrogen-bond donors (Lipinski definition) is 2. The van der Waals surface area contributed by atoms with Crippen LogP contribution >= 0.6 is 11.8 Å². The van der Waals surface area contributed by atoms with E-state index < -0.39 is 5.41 Å². The minimum absolute atomic E-state index is 0.0412. The highest BCUT2D eigenvalue weighted by Gasteiger charge is 2.25. The van der Waals surface area contributed by atoms with Gasteiger partial charge in [0.2, 0.25) is 5.91 Å². The molecule has 0 fully saturated rings. The summed E-state index contributed by atoms with van der Waals surface area (Å²) in [5.41, 5.74) is 0.559. The molecule has 0 aromatic heterocycles. The SMILES string of the molecule is C[C@@H](NC(=O)C(C)(C)C)c1ccccc1SC[C@@H](O)C(C)(C)C. The van der Waals surface area contributed by atoms with Gasteiger partial charge < -0.3 is 10.4 Å². The number of carbonyl (C=O) groups excluding carboxylic acids is 1. The molecule has 0 aliphatic rings. The summed E-state index contributed by atoms with van der Waals surface area (Å²) in [6.45, 7) is 13.9. The van der Waals surface area contributed by atoms with Crippen molar-refractivity contribution in [3.05, 3.63) is 29.8 Å². The fourth-order valence-corrected chi connectivity index (χ4v) is 3.30. The van der Waals surface area contributed by atoms with E-state index in [0.717, 1.165) is 10.5 Å². The van der Waals surface area contributed by atoms with Crippen molar-refractivity contribution >= 4 is 17.7 Å². The van der Waals surface area contributed by atoms with Gasteiger partial charge in [-0.25, -0.2) is 0 Å². The van der Waals surface area contributed by atoms with Crippen molar-refractivity contribution in [2.75, 3.05) is 5.75 Å². The van der Waals surface area contributed by atoms with Crippen LogP contribution in [-0.4, -0.2) is 22.9 Å². The van der Waals surface area contributed by atoms with E-state index in [9.17, 15) is 9.90 Å². The first kappa shape index (κ1) is 20.0. The molecule has 3 nitrogen and oxygen atoms in total. The second-order valence-corrected chi connectivity index (χ2v) is 9.24. The van der Waals surface area contributed by atoms with Gasteiger partial charge in [0.25, 0.3) is 0 Å². The van der Waals surface area contributed by atoms with Crippen LogP contribution in [0, 0.1) is 10.8 Å². The van der Waals surface area contributed by atoms with Gasteiger partial charge >= 0.3 is 0 Å². The van der Waals surface area contributed by atoms with Crippen LogP contribution in [0.25, 0.3) is 0 Å². The van der Waals surface area contributed by atoms with Crippen LogP contribution in [-0.2, 0) is 4.79 Å². The Hall–Kier alpha value is -1.00. The topological polar surface area (TPSA) is 49.3 Å². The number of benzene rings is 1. The molecular weight excluding hydrogens is 306 g/mol. The Morgan fingerprint density at radius 2 is 1.74 bits per heavy atom. The maximum atomic E-state index is 12.2. The predicted octanol–water partition coefficient (Wildman–Crippen LogP) is 4.41. The molecule has 4 heteroatoms. The Balaban J connectivity index is 2.83. The minimum atomic E-state index is -0.404. The standard InChI is InChI=1S/C19H31NO2S/c1-13(20-17(22)19(5,6)7)14-10-8-9-11-15(14)23-12-16(21)18(2,3)4/h8-11,13,16,21H,12H2,1-7H3,(H,20,22)/t13-,16-/m1/s1. The van der Waals surface area contributed by atoms with Crippen LogP contribution in [0.15, 0.2) is 29.2 Å². The summed E-state index contributed by atoms with van der Waals surface area (Å²) in [5.74, 6) is 0.681. The lowest BCUT2D eigenvalue weighted by Gasteiger charge is -2.26. The molecule has 0 unspecified atom stereocenters. The average Bonchev–Trinajstić information content (AvgIpc) is 2.42. The highest BCUT2D eigenvalue weighted by atomic mass is 32.2. The summed E-state index contributed by atoms with van der Waals surface area (Å²) < 4.78 is 0. The van der Waals surface area contributed by atoms with Crippen LogP contribution in [0.3, 0.4) is 0 Å². The average molecular weight is 338 g/mol. The lowest BCUT2D eigenvalue weighted by atomic mass is 9.90. The summed E-state index contributed by atoms with van der Waals surface area (Å²) in [4.78, 5) is 13.3. The quantitative estimate of drug-likeness (QED) is 0.783. The second kappa shape index (κ2) is 7.71. The summed E-state index contributed by atoms with van der Waals surface area (Å²) >= 11 is 1.64. The van der Waals surface area contributed by atoms with Gasteiger partial charge in [-0.05, 0) is 24.0 Å². The van der Waals surface area contributed by atoms with E-state index in [2.05, 4.69) is 11.4 Å². The van der Waals surface area contributed by atoms with E-state index in [1.807, 2.05) is 66.7 Å². The maximum absolute atomic E-state index is 12.2. The van der Waals surface area contributed by atoms with Gasteiger partial charge in [-0.2, -0.15) is 0 Å². The van der Waals surface area contributed by atoms with E-state index in [1.54, 1.807) is 11.8 Å². The summed E-state index contributed by atoms with van der Waals surface area (Å²) in [5, 5.41) is 13.3. The summed E-state index contributed by atoms with van der Waals surface area (Å²) in [6.07, 6.45) is -0.375. The zero-order valence-corrected chi connectivity index (χ0v) is 16.3. The van der Waals surface area contributed by atoms with Gasteiger partial charge in [0.1, 0.15) is 0 Å². The Morgan fingerprint density at radius 3 is 2.26 bits per heavy atom. The normalized spacial score (nSPS) is 15.1. The second-order valence-electron chi connectivity index (χ2n) is 8.18. The molecule has 1 amide bonds. The van der Waals surface area contributed by atoms with Crippen LogP contribution in [0.5, 0.6) is 0 Å². The highest BCUT2D eigenvalue weighted by molar-refractivity contribution is 7.99. The monoisotopic (exact) mass is 337 g/mol. The number of aliphatic hydroxyl groups excluding tert-OH is 1. The molecule has 23 heavy (non-hydrogen) atoms. The number of thioether (sulfide) groups is 1. The van der Waals surface area contributed by atoms with Gasteiger partial charge in [0.05, 0.1) is 12.1 Å². The third-order valence-electron chi connectivity index (χ3n) is 3.81. The first-order valence-electron chi connectivity index (χ1n) is 8.13. The smallest absolute Gasteiger partial charge is 0.225 e. The van der Waals surface area contributed by atoms with Gasteiger partial charge in [-0.15, -0.1) is 11.8 Å². The Kier molecular flexibility index (Phi) is 6.72. The number of aliphatic hydroxyl groups is 1. The van der Waals surface area contributed by atoms with E-state index in [4.69, 9.17) is 0 Å². The van der Waals surface area contributed by atoms with Gasteiger partial charge in [-0.1, -0.05) is 59.7 Å². The van der Waals surface area contributed by atoms with Crippen molar-refractivity contribution in [3.63, 3.8) is 0 Å². The molecule has 2 N–H and O–H groups in total. The van der Waals surface area contributed by atoms with Crippen molar-refractivity contribution < 1.29 is 9.90 Å². The molecular formula is C19H31NO2S. The fourth-order valence-electron chi connectivity index (χ4n) is 1.88. The van der Waals surface area contributed by atoms with Crippen LogP contribution in [0.4, 0.5) is 0 Å². The van der Waals surface area contributed by atoms with Crippen molar-refractivity contribution in [1.29, 1.82) is 0 Å². The molecule has 1 rings (SSSR count). The molecule has 0 spiro atoms. The number of hydrogen-bond acceptors (Lipinski definition) is 3. The molecule has 0 aliphatic heterocycles. The first-order valence-corrected chi connectivity index (χ1v) is 9.12. The van der Waals surface area contributed by atoms with Crippen molar-refractivity contribution in [3.8, 4) is 0 Å². The molecule has 1 aromatic rings. The molecule has 1 aromatic carbocycles. The van der Waals surface area contributed by atoms with E-state index in [1.165, 1.54) is 0 Å². The number of carbonyl (C=O) groups is 1. The molecule has 0 bridgehead atoms. The lowest BCUT2D eigenvalue weighted by molar-refractivity contribution is -0.129. The van der Waals surface area contributed by atoms with E-state index in [-0.39, 0.29) is 23.5 Å². The van der Waals surface area contributed by atoms with Gasteiger partial charge in [0.15, 0.2) is 0 Å². The Labute approximate surface area is 145 Å². The number of amides is 1. The van der Waals surface area contributed by atoms with Crippen molar-refractivity contribution in [1.82, 2.24) is 5.32 Å². The molecule has 0 saturated carbocycles. The maximum Gasteiger partial charge on any atom is 0.225 e. The third-order valence-corrected chi connectivity index (χ3v) is 4.98. The van der Waals surface area contributed by atoms with Crippen molar-refractivity contribution in [2.24, 2.45) is 10.8 Å². The zero-order valence-electron chi connectivity index (χ0n) is 15.4. The largest absolute Gasteiger partial charge is 0.392 e. The van der Waals surface area contributed by atoms with E-state index in [0.29, 0.717) is 5.75 Å². The molecule has 0 aliphatic carbocycles. The zero-order chi connectivity index (χ0) is 17.8.